The summed E-state index contributed by atoms with van der Waals surface area (Å²) in [5, 5.41) is 19.4. The van der Waals surface area contributed by atoms with Crippen LogP contribution in [0.15, 0.2) is 30.5 Å². The van der Waals surface area contributed by atoms with Gasteiger partial charge in [0.25, 0.3) is 0 Å². The zero-order valence-corrected chi connectivity index (χ0v) is 14.7. The predicted molar refractivity (Wildman–Crippen MR) is 92.2 cm³/mol. The van der Waals surface area contributed by atoms with Gasteiger partial charge >= 0.3 is 18.0 Å². The summed E-state index contributed by atoms with van der Waals surface area (Å²) in [4.78, 5) is 36.3. The second-order valence-electron chi connectivity index (χ2n) is 6.12. The molecule has 0 spiro atoms. The topological polar surface area (TPSA) is 127 Å². The zero-order chi connectivity index (χ0) is 19.4. The Bertz CT molecular complexity index is 848. The molecule has 1 aliphatic rings. The number of rotatable bonds is 5. The van der Waals surface area contributed by atoms with Crippen LogP contribution in [-0.2, 0) is 11.3 Å². The molecule has 0 radical (unpaired) electrons. The minimum Gasteiger partial charge on any atom is -0.478 e. The number of aromatic carboxylic acids is 1. The molecule has 27 heavy (non-hydrogen) atoms. The fourth-order valence-corrected chi connectivity index (χ4v) is 2.85. The van der Waals surface area contributed by atoms with Crippen molar-refractivity contribution in [3.8, 4) is 0 Å². The van der Waals surface area contributed by atoms with E-state index in [0.717, 1.165) is 5.56 Å². The Balaban J connectivity index is 1.52. The van der Waals surface area contributed by atoms with Crippen molar-refractivity contribution in [3.05, 3.63) is 47.3 Å². The Morgan fingerprint density at radius 2 is 2.04 bits per heavy atom. The molecular formula is C17H19N5O5. The van der Waals surface area contributed by atoms with Crippen molar-refractivity contribution in [3.63, 3.8) is 0 Å². The summed E-state index contributed by atoms with van der Waals surface area (Å²) < 4.78 is 6.18. The van der Waals surface area contributed by atoms with Crippen LogP contribution >= 0.6 is 0 Å². The van der Waals surface area contributed by atoms with Crippen LogP contribution < -0.4 is 5.32 Å². The number of nitrogens with one attached hydrogen (secondary N) is 1. The van der Waals surface area contributed by atoms with E-state index in [1.54, 1.807) is 21.7 Å². The second-order valence-corrected chi connectivity index (χ2v) is 6.12. The van der Waals surface area contributed by atoms with E-state index in [1.165, 1.54) is 25.4 Å². The molecule has 1 aliphatic heterocycles. The number of carboxylic acid groups (broad SMARTS) is 1. The van der Waals surface area contributed by atoms with Crippen molar-refractivity contribution in [2.24, 2.45) is 0 Å². The van der Waals surface area contributed by atoms with Crippen LogP contribution in [0.3, 0.4) is 0 Å². The first-order valence-electron chi connectivity index (χ1n) is 8.33. The Kier molecular flexibility index (Phi) is 5.34. The van der Waals surface area contributed by atoms with E-state index in [4.69, 9.17) is 5.11 Å². The highest BCUT2D eigenvalue weighted by atomic mass is 16.5. The number of carboxylic acids is 1. The summed E-state index contributed by atoms with van der Waals surface area (Å²) in [5.41, 5.74) is 1.14. The molecule has 1 aromatic carbocycles. The van der Waals surface area contributed by atoms with Gasteiger partial charge in [0, 0.05) is 19.6 Å². The minimum atomic E-state index is -0.989. The number of carbonyl (C=O) groups is 3. The number of benzene rings is 1. The van der Waals surface area contributed by atoms with Crippen molar-refractivity contribution in [2.45, 2.75) is 19.0 Å². The monoisotopic (exact) mass is 373 g/mol. The van der Waals surface area contributed by atoms with Crippen LogP contribution in [0.1, 0.15) is 38.9 Å². The first-order chi connectivity index (χ1) is 13.0. The Labute approximate surface area is 154 Å². The van der Waals surface area contributed by atoms with Crippen molar-refractivity contribution in [2.75, 3.05) is 20.2 Å². The lowest BCUT2D eigenvalue weighted by Crippen LogP contribution is -2.38. The number of carbonyl (C=O) groups excluding carboxylic acids is 2. The summed E-state index contributed by atoms with van der Waals surface area (Å²) >= 11 is 0. The summed E-state index contributed by atoms with van der Waals surface area (Å²) in [6, 6.07) is 6.06. The number of urea groups is 1. The number of ether oxygens (including phenoxy) is 1. The number of amides is 2. The summed E-state index contributed by atoms with van der Waals surface area (Å²) in [6.45, 7) is 1.31. The molecule has 3 rings (SSSR count). The highest BCUT2D eigenvalue weighted by Gasteiger charge is 2.28. The van der Waals surface area contributed by atoms with Crippen LogP contribution in [0.2, 0.25) is 0 Å². The Morgan fingerprint density at radius 3 is 2.70 bits per heavy atom. The normalized spacial score (nSPS) is 16.2. The molecular weight excluding hydrogens is 354 g/mol. The van der Waals surface area contributed by atoms with Gasteiger partial charge in [-0.15, -0.1) is 5.10 Å². The van der Waals surface area contributed by atoms with Crippen molar-refractivity contribution in [1.82, 2.24) is 25.2 Å². The van der Waals surface area contributed by atoms with Gasteiger partial charge in [-0.25, -0.2) is 19.1 Å². The third-order valence-electron chi connectivity index (χ3n) is 4.37. The van der Waals surface area contributed by atoms with Gasteiger partial charge in [-0.2, -0.15) is 0 Å². The van der Waals surface area contributed by atoms with Gasteiger partial charge in [0.05, 0.1) is 24.9 Å². The lowest BCUT2D eigenvalue weighted by Gasteiger charge is -2.17. The van der Waals surface area contributed by atoms with Crippen LogP contribution in [0, 0.1) is 0 Å². The molecule has 10 heteroatoms. The van der Waals surface area contributed by atoms with Gasteiger partial charge in [-0.3, -0.25) is 0 Å². The quantitative estimate of drug-likeness (QED) is 0.746. The maximum Gasteiger partial charge on any atom is 0.360 e. The van der Waals surface area contributed by atoms with E-state index in [1.807, 2.05) is 0 Å². The maximum absolute atomic E-state index is 12.3. The molecule has 0 bridgehead atoms. The highest BCUT2D eigenvalue weighted by Crippen LogP contribution is 2.21. The largest absolute Gasteiger partial charge is 0.478 e. The molecule has 1 unspecified atom stereocenters. The third kappa shape index (κ3) is 4.22. The highest BCUT2D eigenvalue weighted by molar-refractivity contribution is 5.87. The number of hydrogen-bond donors (Lipinski definition) is 2. The molecule has 0 saturated carbocycles. The van der Waals surface area contributed by atoms with Gasteiger partial charge in [-0.1, -0.05) is 17.3 Å². The second kappa shape index (κ2) is 7.85. The third-order valence-corrected chi connectivity index (χ3v) is 4.37. The van der Waals surface area contributed by atoms with E-state index in [0.29, 0.717) is 26.1 Å². The standard InChI is InChI=1S/C17H19N5O5/c1-27-16(25)14-10-22(20-19-14)13-6-7-21(9-13)17(26)18-8-11-2-4-12(5-3-11)15(23)24/h2-5,10,13H,6-9H2,1H3,(H,18,26)(H,23,24). The molecule has 10 nitrogen and oxygen atoms in total. The molecule has 1 fully saturated rings. The molecule has 2 heterocycles. The molecule has 2 amide bonds. The van der Waals surface area contributed by atoms with Crippen molar-refractivity contribution in [1.29, 1.82) is 0 Å². The van der Waals surface area contributed by atoms with E-state index < -0.39 is 11.9 Å². The average Bonchev–Trinajstić information content (AvgIpc) is 3.35. The molecule has 1 saturated heterocycles. The number of hydrogen-bond acceptors (Lipinski definition) is 6. The number of esters is 1. The predicted octanol–water partition coefficient (Wildman–Crippen LogP) is 0.919. The van der Waals surface area contributed by atoms with E-state index >= 15 is 0 Å². The van der Waals surface area contributed by atoms with Crippen LogP contribution in [0.25, 0.3) is 0 Å². The lowest BCUT2D eigenvalue weighted by atomic mass is 10.1. The average molecular weight is 373 g/mol. The fraction of sp³-hybridized carbons (Fsp3) is 0.353. The SMILES string of the molecule is COC(=O)c1cn(C2CCN(C(=O)NCc3ccc(C(=O)O)cc3)C2)nn1. The van der Waals surface area contributed by atoms with E-state index in [2.05, 4.69) is 20.4 Å². The van der Waals surface area contributed by atoms with Crippen molar-refractivity contribution < 1.29 is 24.2 Å². The van der Waals surface area contributed by atoms with E-state index in [9.17, 15) is 14.4 Å². The summed E-state index contributed by atoms with van der Waals surface area (Å²) in [7, 11) is 1.28. The van der Waals surface area contributed by atoms with Crippen LogP contribution in [0.5, 0.6) is 0 Å². The molecule has 1 atom stereocenters. The molecule has 142 valence electrons. The van der Waals surface area contributed by atoms with Crippen LogP contribution in [0.4, 0.5) is 4.79 Å². The van der Waals surface area contributed by atoms with E-state index in [-0.39, 0.29) is 23.3 Å². The first kappa shape index (κ1) is 18.4. The number of methoxy groups -OCH3 is 1. The summed E-state index contributed by atoms with van der Waals surface area (Å²) in [5.74, 6) is -1.54. The first-order valence-corrected chi connectivity index (χ1v) is 8.33. The smallest absolute Gasteiger partial charge is 0.360 e. The lowest BCUT2D eigenvalue weighted by molar-refractivity contribution is 0.0593. The zero-order valence-electron chi connectivity index (χ0n) is 14.7. The number of likely N-dealkylation sites (tertiary alicyclic amines) is 1. The van der Waals surface area contributed by atoms with Crippen molar-refractivity contribution >= 4 is 18.0 Å². The molecule has 2 aromatic rings. The van der Waals surface area contributed by atoms with Gasteiger partial charge in [0.1, 0.15) is 0 Å². The Morgan fingerprint density at radius 1 is 1.30 bits per heavy atom. The van der Waals surface area contributed by atoms with Gasteiger partial charge in [-0.05, 0) is 24.1 Å². The number of nitrogens with zero attached hydrogens (tertiary/aromatic N) is 4. The number of aromatic nitrogens is 3. The van der Waals surface area contributed by atoms with Gasteiger partial charge in [0.15, 0.2) is 5.69 Å². The minimum absolute atomic E-state index is 0.0588. The van der Waals surface area contributed by atoms with Crippen LogP contribution in [-0.4, -0.2) is 63.2 Å². The Hall–Kier alpha value is -3.43. The van der Waals surface area contributed by atoms with Gasteiger partial charge < -0.3 is 20.1 Å². The molecule has 1 aromatic heterocycles. The summed E-state index contributed by atoms with van der Waals surface area (Å²) in [6.07, 6.45) is 2.21. The molecule has 2 N–H and O–H groups in total. The maximum atomic E-state index is 12.3. The van der Waals surface area contributed by atoms with Gasteiger partial charge in [0.2, 0.25) is 0 Å². The fourth-order valence-electron chi connectivity index (χ4n) is 2.85. The molecule has 0 aliphatic carbocycles.